The summed E-state index contributed by atoms with van der Waals surface area (Å²) >= 11 is 0. The average molecular weight is 274 g/mol. The van der Waals surface area contributed by atoms with Crippen LogP contribution in [0.1, 0.15) is 30.9 Å². The first-order chi connectivity index (χ1) is 8.15. The molecule has 102 valence electrons. The minimum absolute atomic E-state index is 0. The van der Waals surface area contributed by atoms with Crippen LogP contribution in [-0.2, 0) is 0 Å². The Morgan fingerprint density at radius 2 is 2.06 bits per heavy atom. The fraction of sp³-hybridized carbons (Fsp3) is 0.538. The lowest BCUT2D eigenvalue weighted by molar-refractivity contribution is 0.0401. The molecule has 0 amide bonds. The van der Waals surface area contributed by atoms with Crippen LogP contribution in [0.15, 0.2) is 18.2 Å². The molecule has 0 spiro atoms. The van der Waals surface area contributed by atoms with Gasteiger partial charge in [-0.25, -0.2) is 0 Å². The number of phenols is 1. The quantitative estimate of drug-likeness (QED) is 0.784. The van der Waals surface area contributed by atoms with Gasteiger partial charge in [-0.2, -0.15) is 0 Å². The van der Waals surface area contributed by atoms with Gasteiger partial charge in [0.2, 0.25) is 0 Å². The summed E-state index contributed by atoms with van der Waals surface area (Å²) in [4.78, 5) is 0. The van der Waals surface area contributed by atoms with Crippen molar-refractivity contribution >= 4 is 12.4 Å². The summed E-state index contributed by atoms with van der Waals surface area (Å²) < 4.78 is 5.18. The lowest BCUT2D eigenvalue weighted by Gasteiger charge is -2.34. The molecule has 0 saturated heterocycles. The van der Waals surface area contributed by atoms with E-state index in [0.29, 0.717) is 11.3 Å². The van der Waals surface area contributed by atoms with Crippen molar-refractivity contribution in [2.75, 3.05) is 7.11 Å². The summed E-state index contributed by atoms with van der Waals surface area (Å²) in [7, 11) is 1.53. The molecule has 1 aromatic carbocycles. The van der Waals surface area contributed by atoms with E-state index >= 15 is 0 Å². The Hall–Kier alpha value is -0.970. The molecule has 1 saturated carbocycles. The standard InChI is InChI=1S/C13H19NO3.ClH/c1-17-10-7-3-6-9(15)11(10)12(14)13(16)8-4-2-5-8;/h3,6-8,12-13,15-16H,2,4-5,14H2,1H3;1H/t12-,13+;/m1./s1. The van der Waals surface area contributed by atoms with Crippen molar-refractivity contribution in [2.45, 2.75) is 31.4 Å². The number of hydrogen-bond donors (Lipinski definition) is 3. The molecule has 0 aromatic heterocycles. The number of benzene rings is 1. The van der Waals surface area contributed by atoms with Crippen molar-refractivity contribution in [3.05, 3.63) is 23.8 Å². The fourth-order valence-electron chi connectivity index (χ4n) is 2.29. The number of methoxy groups -OCH3 is 1. The zero-order valence-corrected chi connectivity index (χ0v) is 11.2. The summed E-state index contributed by atoms with van der Waals surface area (Å²) in [5.74, 6) is 0.848. The summed E-state index contributed by atoms with van der Waals surface area (Å²) in [5.41, 5.74) is 6.53. The summed E-state index contributed by atoms with van der Waals surface area (Å²) in [6.07, 6.45) is 2.54. The molecule has 5 heteroatoms. The average Bonchev–Trinajstić information content (AvgIpc) is 2.25. The van der Waals surface area contributed by atoms with Crippen LogP contribution in [0, 0.1) is 5.92 Å². The predicted molar refractivity (Wildman–Crippen MR) is 72.2 cm³/mol. The fourth-order valence-corrected chi connectivity index (χ4v) is 2.29. The van der Waals surface area contributed by atoms with E-state index in [9.17, 15) is 10.2 Å². The minimum atomic E-state index is -0.619. The third kappa shape index (κ3) is 2.71. The molecule has 18 heavy (non-hydrogen) atoms. The van der Waals surface area contributed by atoms with E-state index in [-0.39, 0.29) is 24.1 Å². The number of ether oxygens (including phenoxy) is 1. The lowest BCUT2D eigenvalue weighted by Crippen LogP contribution is -2.36. The van der Waals surface area contributed by atoms with E-state index in [4.69, 9.17) is 10.5 Å². The maximum atomic E-state index is 10.1. The second kappa shape index (κ2) is 6.27. The van der Waals surface area contributed by atoms with Crippen LogP contribution < -0.4 is 10.5 Å². The zero-order valence-electron chi connectivity index (χ0n) is 10.4. The number of aliphatic hydroxyl groups excluding tert-OH is 1. The first kappa shape index (κ1) is 15.1. The SMILES string of the molecule is COc1cccc(O)c1[C@@H](N)[C@@H](O)C1CCC1.Cl. The van der Waals surface area contributed by atoms with E-state index < -0.39 is 12.1 Å². The van der Waals surface area contributed by atoms with E-state index in [1.54, 1.807) is 18.2 Å². The number of hydrogen-bond acceptors (Lipinski definition) is 4. The molecular formula is C13H20ClNO3. The highest BCUT2D eigenvalue weighted by Crippen LogP contribution is 2.39. The molecule has 0 aliphatic heterocycles. The van der Waals surface area contributed by atoms with Gasteiger partial charge >= 0.3 is 0 Å². The normalized spacial score (nSPS) is 18.4. The highest BCUT2D eigenvalue weighted by molar-refractivity contribution is 5.85. The van der Waals surface area contributed by atoms with Crippen LogP contribution in [0.4, 0.5) is 0 Å². The van der Waals surface area contributed by atoms with Gasteiger partial charge in [-0.05, 0) is 30.9 Å². The smallest absolute Gasteiger partial charge is 0.127 e. The molecule has 1 aliphatic carbocycles. The van der Waals surface area contributed by atoms with Crippen molar-refractivity contribution in [3.63, 3.8) is 0 Å². The van der Waals surface area contributed by atoms with Crippen molar-refractivity contribution in [1.82, 2.24) is 0 Å². The van der Waals surface area contributed by atoms with Crippen molar-refractivity contribution in [1.29, 1.82) is 0 Å². The summed E-state index contributed by atoms with van der Waals surface area (Å²) in [5, 5.41) is 20.0. The Morgan fingerprint density at radius 3 is 2.56 bits per heavy atom. The van der Waals surface area contributed by atoms with E-state index in [1.165, 1.54) is 7.11 Å². The van der Waals surface area contributed by atoms with Gasteiger partial charge in [0, 0.05) is 0 Å². The van der Waals surface area contributed by atoms with Crippen LogP contribution in [0.3, 0.4) is 0 Å². The van der Waals surface area contributed by atoms with Crippen LogP contribution in [-0.4, -0.2) is 23.4 Å². The van der Waals surface area contributed by atoms with Gasteiger partial charge in [0.25, 0.3) is 0 Å². The Balaban J connectivity index is 0.00000162. The Labute approximate surface area is 113 Å². The van der Waals surface area contributed by atoms with Crippen molar-refractivity contribution in [3.8, 4) is 11.5 Å². The van der Waals surface area contributed by atoms with E-state index in [0.717, 1.165) is 19.3 Å². The number of aromatic hydroxyl groups is 1. The third-order valence-electron chi connectivity index (χ3n) is 3.60. The Morgan fingerprint density at radius 1 is 1.39 bits per heavy atom. The first-order valence-electron chi connectivity index (χ1n) is 5.94. The van der Waals surface area contributed by atoms with Gasteiger partial charge in [0.1, 0.15) is 11.5 Å². The molecule has 1 aliphatic rings. The van der Waals surface area contributed by atoms with Gasteiger partial charge in [-0.3, -0.25) is 0 Å². The Kier molecular flexibility index (Phi) is 5.26. The molecule has 1 aromatic rings. The monoisotopic (exact) mass is 273 g/mol. The minimum Gasteiger partial charge on any atom is -0.507 e. The van der Waals surface area contributed by atoms with E-state index in [1.807, 2.05) is 0 Å². The molecule has 0 unspecified atom stereocenters. The molecule has 0 bridgehead atoms. The number of rotatable bonds is 4. The number of aliphatic hydroxyl groups is 1. The number of halogens is 1. The van der Waals surface area contributed by atoms with Gasteiger partial charge in [-0.15, -0.1) is 12.4 Å². The van der Waals surface area contributed by atoms with Crippen molar-refractivity contribution in [2.24, 2.45) is 11.7 Å². The van der Waals surface area contributed by atoms with Gasteiger partial charge in [0.05, 0.1) is 24.8 Å². The van der Waals surface area contributed by atoms with Gasteiger partial charge < -0.3 is 20.7 Å². The van der Waals surface area contributed by atoms with Crippen LogP contribution >= 0.6 is 12.4 Å². The maximum Gasteiger partial charge on any atom is 0.127 e. The predicted octanol–water partition coefficient (Wildman–Crippen LogP) is 1.98. The molecule has 2 atom stereocenters. The highest BCUT2D eigenvalue weighted by Gasteiger charge is 2.33. The molecule has 1 fully saturated rings. The molecule has 2 rings (SSSR count). The number of phenolic OH excluding ortho intramolecular Hbond substituents is 1. The van der Waals surface area contributed by atoms with Crippen LogP contribution in [0.2, 0.25) is 0 Å². The summed E-state index contributed by atoms with van der Waals surface area (Å²) in [6, 6.07) is 4.39. The van der Waals surface area contributed by atoms with Crippen LogP contribution in [0.5, 0.6) is 11.5 Å². The topological polar surface area (TPSA) is 75.7 Å². The third-order valence-corrected chi connectivity index (χ3v) is 3.60. The van der Waals surface area contributed by atoms with Gasteiger partial charge in [0.15, 0.2) is 0 Å². The number of nitrogens with two attached hydrogens (primary N) is 1. The highest BCUT2D eigenvalue weighted by atomic mass is 35.5. The van der Waals surface area contributed by atoms with Crippen molar-refractivity contribution < 1.29 is 14.9 Å². The molecule has 4 nitrogen and oxygen atoms in total. The second-order valence-corrected chi connectivity index (χ2v) is 4.60. The lowest BCUT2D eigenvalue weighted by atomic mass is 9.77. The largest absolute Gasteiger partial charge is 0.507 e. The van der Waals surface area contributed by atoms with Gasteiger partial charge in [-0.1, -0.05) is 12.5 Å². The Bertz CT molecular complexity index is 396. The first-order valence-corrected chi connectivity index (χ1v) is 5.94. The zero-order chi connectivity index (χ0) is 12.4. The van der Waals surface area contributed by atoms with E-state index in [2.05, 4.69) is 0 Å². The van der Waals surface area contributed by atoms with Crippen LogP contribution in [0.25, 0.3) is 0 Å². The molecule has 4 N–H and O–H groups in total. The summed E-state index contributed by atoms with van der Waals surface area (Å²) in [6.45, 7) is 0. The molecule has 0 radical (unpaired) electrons. The molecular weight excluding hydrogens is 254 g/mol. The maximum absolute atomic E-state index is 10.1. The molecule has 0 heterocycles. The second-order valence-electron chi connectivity index (χ2n) is 4.60.